The summed E-state index contributed by atoms with van der Waals surface area (Å²) in [6.45, 7) is -0.394. The standard InChI is InChI=1S/C11H13Cl2N4O6P/c12-24(13,21)22-3-5-6(18)7(19)10(23-5)17-2-1-4-8(17)15-11(14)16-9(4)20/h1-2,5-7,10,18-19H,3H2,(H3,14,15,16,20)/t5-,6-,7-,10-/m1/s1. The van der Waals surface area contributed by atoms with Crippen molar-refractivity contribution in [2.75, 3.05) is 12.3 Å². The zero-order chi connectivity index (χ0) is 17.6. The van der Waals surface area contributed by atoms with Crippen molar-refractivity contribution in [3.05, 3.63) is 22.6 Å². The van der Waals surface area contributed by atoms with Crippen molar-refractivity contribution in [3.63, 3.8) is 0 Å². The number of nitrogens with two attached hydrogens (primary N) is 1. The maximum atomic E-state index is 11.8. The molecule has 5 N–H and O–H groups in total. The monoisotopic (exact) mass is 398 g/mol. The van der Waals surface area contributed by atoms with Gasteiger partial charge in [-0.25, -0.2) is 0 Å². The highest BCUT2D eigenvalue weighted by Gasteiger charge is 2.44. The molecule has 1 aliphatic heterocycles. The minimum atomic E-state index is -3.81. The number of anilines is 1. The van der Waals surface area contributed by atoms with Gasteiger partial charge < -0.3 is 29.8 Å². The summed E-state index contributed by atoms with van der Waals surface area (Å²) < 4.78 is 22.8. The fraction of sp³-hybridized carbons (Fsp3) is 0.455. The Morgan fingerprint density at radius 1 is 1.46 bits per heavy atom. The summed E-state index contributed by atoms with van der Waals surface area (Å²) >= 11 is 10.6. The van der Waals surface area contributed by atoms with Crippen molar-refractivity contribution in [2.45, 2.75) is 24.5 Å². The molecule has 0 saturated carbocycles. The molecule has 0 radical (unpaired) electrons. The first-order valence-corrected chi connectivity index (χ1v) is 10.1. The van der Waals surface area contributed by atoms with E-state index in [0.717, 1.165) is 0 Å². The van der Waals surface area contributed by atoms with E-state index >= 15 is 0 Å². The Balaban J connectivity index is 1.90. The molecule has 4 atom stereocenters. The van der Waals surface area contributed by atoms with Crippen molar-refractivity contribution < 1.29 is 24.0 Å². The van der Waals surface area contributed by atoms with Crippen LogP contribution >= 0.6 is 28.6 Å². The average Bonchev–Trinajstić information content (AvgIpc) is 3.00. The number of aromatic amines is 1. The summed E-state index contributed by atoms with van der Waals surface area (Å²) in [6.07, 6.45) is -7.16. The third-order valence-electron chi connectivity index (χ3n) is 3.60. The molecular formula is C11H13Cl2N4O6P. The molecular weight excluding hydrogens is 386 g/mol. The number of halogens is 2. The number of aliphatic hydroxyl groups is 2. The molecule has 1 fully saturated rings. The number of hydrogen-bond acceptors (Lipinski definition) is 8. The normalized spacial score (nSPS) is 27.8. The maximum absolute atomic E-state index is 11.8. The van der Waals surface area contributed by atoms with Crippen LogP contribution in [0.1, 0.15) is 6.23 Å². The third kappa shape index (κ3) is 3.31. The van der Waals surface area contributed by atoms with Crippen molar-refractivity contribution in [1.82, 2.24) is 14.5 Å². The Bertz CT molecular complexity index is 866. The molecule has 13 heteroatoms. The van der Waals surface area contributed by atoms with Gasteiger partial charge in [0.25, 0.3) is 5.56 Å². The quantitative estimate of drug-likeness (QED) is 0.543. The van der Waals surface area contributed by atoms with Crippen LogP contribution in [-0.2, 0) is 13.8 Å². The van der Waals surface area contributed by atoms with E-state index in [0.29, 0.717) is 0 Å². The van der Waals surface area contributed by atoms with Crippen LogP contribution in [0.3, 0.4) is 0 Å². The fourth-order valence-corrected chi connectivity index (χ4v) is 3.18. The highest BCUT2D eigenvalue weighted by Crippen LogP contribution is 2.57. The Kier molecular flexibility index (Phi) is 4.65. The van der Waals surface area contributed by atoms with E-state index in [9.17, 15) is 19.6 Å². The summed E-state index contributed by atoms with van der Waals surface area (Å²) in [4.78, 5) is 18.2. The molecule has 0 aromatic carbocycles. The van der Waals surface area contributed by atoms with Gasteiger partial charge in [-0.2, -0.15) is 4.98 Å². The van der Waals surface area contributed by atoms with Crippen molar-refractivity contribution >= 4 is 45.5 Å². The van der Waals surface area contributed by atoms with E-state index in [1.807, 2.05) is 0 Å². The second-order valence-electron chi connectivity index (χ2n) is 5.17. The molecule has 2 aromatic heterocycles. The lowest BCUT2D eigenvalue weighted by molar-refractivity contribution is -0.0462. The molecule has 0 aliphatic carbocycles. The SMILES string of the molecule is Nc1nc2c(ccn2[C@@H]2O[C@H](COP(=O)(Cl)Cl)[C@@H](O)[C@H]2O)c(=O)[nH]1. The Morgan fingerprint density at radius 2 is 2.17 bits per heavy atom. The molecule has 10 nitrogen and oxygen atoms in total. The predicted octanol–water partition coefficient (Wildman–Crippen LogP) is 0.528. The van der Waals surface area contributed by atoms with E-state index < -0.39 is 42.8 Å². The first-order valence-electron chi connectivity index (χ1n) is 6.69. The number of nitrogens with one attached hydrogen (secondary N) is 1. The van der Waals surface area contributed by atoms with E-state index in [2.05, 4.69) is 9.97 Å². The summed E-state index contributed by atoms with van der Waals surface area (Å²) in [5, 5.41) is 20.5. The smallest absolute Gasteiger partial charge is 0.380 e. The van der Waals surface area contributed by atoms with E-state index in [1.165, 1.54) is 16.8 Å². The lowest BCUT2D eigenvalue weighted by atomic mass is 10.1. The van der Waals surface area contributed by atoms with Gasteiger partial charge in [0.05, 0.1) is 12.0 Å². The molecule has 0 spiro atoms. The summed E-state index contributed by atoms with van der Waals surface area (Å²) in [6, 6.07) is 1.47. The molecule has 1 aliphatic rings. The number of rotatable bonds is 4. The van der Waals surface area contributed by atoms with E-state index in [4.69, 9.17) is 37.5 Å². The van der Waals surface area contributed by atoms with E-state index in [1.54, 1.807) is 0 Å². The van der Waals surface area contributed by atoms with Gasteiger partial charge >= 0.3 is 6.07 Å². The van der Waals surface area contributed by atoms with Crippen LogP contribution in [0.15, 0.2) is 17.1 Å². The molecule has 0 bridgehead atoms. The second kappa shape index (κ2) is 6.30. The number of aliphatic hydroxyl groups excluding tert-OH is 2. The summed E-state index contributed by atoms with van der Waals surface area (Å²) in [5.41, 5.74) is 5.25. The van der Waals surface area contributed by atoms with Gasteiger partial charge in [0.1, 0.15) is 18.3 Å². The minimum absolute atomic E-state index is 0.106. The van der Waals surface area contributed by atoms with Crippen LogP contribution in [-0.4, -0.2) is 49.7 Å². The van der Waals surface area contributed by atoms with Crippen LogP contribution in [0.25, 0.3) is 11.0 Å². The largest absolute Gasteiger partial charge is 0.387 e. The number of ether oxygens (including phenoxy) is 1. The fourth-order valence-electron chi connectivity index (χ4n) is 2.52. The van der Waals surface area contributed by atoms with Crippen LogP contribution in [0, 0.1) is 0 Å². The van der Waals surface area contributed by atoms with E-state index in [-0.39, 0.29) is 17.0 Å². The number of nitrogen functional groups attached to an aromatic ring is 1. The number of fused-ring (bicyclic) bond motifs is 1. The third-order valence-corrected chi connectivity index (χ3v) is 4.64. The van der Waals surface area contributed by atoms with Crippen molar-refractivity contribution in [1.29, 1.82) is 0 Å². The van der Waals surface area contributed by atoms with Crippen molar-refractivity contribution in [2.24, 2.45) is 0 Å². The second-order valence-corrected chi connectivity index (χ2v) is 9.44. The van der Waals surface area contributed by atoms with Crippen LogP contribution < -0.4 is 11.3 Å². The van der Waals surface area contributed by atoms with Crippen LogP contribution in [0.4, 0.5) is 5.95 Å². The summed E-state index contributed by atoms with van der Waals surface area (Å²) in [7, 11) is 0. The van der Waals surface area contributed by atoms with Crippen LogP contribution in [0.5, 0.6) is 0 Å². The zero-order valence-electron chi connectivity index (χ0n) is 11.9. The molecule has 1 saturated heterocycles. The van der Waals surface area contributed by atoms with Crippen molar-refractivity contribution in [3.8, 4) is 0 Å². The number of aromatic nitrogens is 3. The first kappa shape index (κ1) is 17.7. The van der Waals surface area contributed by atoms with Gasteiger partial charge in [0.15, 0.2) is 11.9 Å². The average molecular weight is 399 g/mol. The van der Waals surface area contributed by atoms with Gasteiger partial charge in [-0.3, -0.25) is 14.3 Å². The number of H-pyrrole nitrogens is 1. The van der Waals surface area contributed by atoms with Gasteiger partial charge in [0.2, 0.25) is 5.95 Å². The maximum Gasteiger partial charge on any atom is 0.380 e. The topological polar surface area (TPSA) is 153 Å². The lowest BCUT2D eigenvalue weighted by Gasteiger charge is -2.17. The molecule has 24 heavy (non-hydrogen) atoms. The van der Waals surface area contributed by atoms with Gasteiger partial charge in [-0.1, -0.05) is 0 Å². The highest BCUT2D eigenvalue weighted by atomic mass is 35.9. The minimum Gasteiger partial charge on any atom is -0.387 e. The molecule has 3 heterocycles. The van der Waals surface area contributed by atoms with Gasteiger partial charge in [-0.05, 0) is 28.5 Å². The highest BCUT2D eigenvalue weighted by molar-refractivity contribution is 8.05. The molecule has 3 rings (SSSR count). The number of nitrogens with zero attached hydrogens (tertiary/aromatic N) is 2. The molecule has 2 aromatic rings. The summed E-state index contributed by atoms with van der Waals surface area (Å²) in [5.74, 6) is -0.106. The van der Waals surface area contributed by atoms with Gasteiger partial charge in [0, 0.05) is 6.20 Å². The van der Waals surface area contributed by atoms with Crippen LogP contribution in [0.2, 0.25) is 0 Å². The Hall–Kier alpha value is -1.13. The Labute approximate surface area is 144 Å². The number of hydrogen-bond donors (Lipinski definition) is 4. The molecule has 0 unspecified atom stereocenters. The lowest BCUT2D eigenvalue weighted by Crippen LogP contribution is -2.33. The zero-order valence-corrected chi connectivity index (χ0v) is 14.3. The Morgan fingerprint density at radius 3 is 2.83 bits per heavy atom. The predicted molar refractivity (Wildman–Crippen MR) is 86.0 cm³/mol. The van der Waals surface area contributed by atoms with Gasteiger partial charge in [-0.15, -0.1) is 0 Å². The first-order chi connectivity index (χ1) is 11.2. The molecule has 0 amide bonds. The molecule has 132 valence electrons.